The van der Waals surface area contributed by atoms with Gasteiger partial charge in [-0.25, -0.2) is 15.0 Å². The molecule has 0 aliphatic carbocycles. The number of fused-ring (bicyclic) bond motifs is 3. The van der Waals surface area contributed by atoms with Gasteiger partial charge in [-0.15, -0.1) is 0 Å². The Balaban J connectivity index is 1.28. The largest absolute Gasteiger partial charge is 0.309 e. The van der Waals surface area contributed by atoms with E-state index in [0.717, 1.165) is 22.3 Å². The summed E-state index contributed by atoms with van der Waals surface area (Å²) >= 11 is 0. The zero-order chi connectivity index (χ0) is 43.0. The Morgan fingerprint density at radius 3 is 1.69 bits per heavy atom. The van der Waals surface area contributed by atoms with Crippen LogP contribution in [-0.2, 0) is 0 Å². The van der Waals surface area contributed by atoms with E-state index in [9.17, 15) is 2.74 Å². The highest BCUT2D eigenvalue weighted by atomic mass is 15.0. The molecule has 49 heavy (non-hydrogen) atoms. The van der Waals surface area contributed by atoms with Crippen LogP contribution in [0.3, 0.4) is 0 Å². The molecule has 9 rings (SSSR count). The fraction of sp³-hybridized carbons (Fsp3) is 0. The molecule has 230 valence electrons. The lowest BCUT2D eigenvalue weighted by molar-refractivity contribution is 1.07. The maximum absolute atomic E-state index is 9.42. The average Bonchev–Trinajstić information content (AvgIpc) is 3.66. The Bertz CT molecular complexity index is 3240. The number of nitrogens with zero attached hydrogens (tertiary/aromatic N) is 4. The summed E-state index contributed by atoms with van der Waals surface area (Å²) in [4.78, 5) is 14.7. The molecule has 9 aromatic rings. The number of benzene rings is 7. The monoisotopic (exact) mass is 638 g/mol. The van der Waals surface area contributed by atoms with Gasteiger partial charge in [0.15, 0.2) is 17.5 Å². The molecule has 4 nitrogen and oxygen atoms in total. The highest BCUT2D eigenvalue weighted by Crippen LogP contribution is 2.36. The van der Waals surface area contributed by atoms with Crippen molar-refractivity contribution in [3.05, 3.63) is 182 Å². The fourth-order valence-corrected chi connectivity index (χ4v) is 5.92. The number of aromatic nitrogens is 4. The maximum atomic E-state index is 9.42. The summed E-state index contributed by atoms with van der Waals surface area (Å²) in [5, 5.41) is -0.260. The van der Waals surface area contributed by atoms with E-state index in [1.807, 2.05) is 84.9 Å². The van der Waals surface area contributed by atoms with Gasteiger partial charge in [-0.1, -0.05) is 139 Å². The molecule has 2 heterocycles. The number of hydrogen-bond donors (Lipinski definition) is 0. The van der Waals surface area contributed by atoms with Crippen molar-refractivity contribution in [2.24, 2.45) is 0 Å². The second-order valence-electron chi connectivity index (χ2n) is 11.2. The van der Waals surface area contributed by atoms with E-state index >= 15 is 0 Å². The van der Waals surface area contributed by atoms with Gasteiger partial charge in [-0.2, -0.15) is 0 Å². The Kier molecular flexibility index (Phi) is 4.63. The molecule has 0 aliphatic rings. The Hall–Kier alpha value is -6.65. The van der Waals surface area contributed by atoms with Crippen molar-refractivity contribution in [2.75, 3.05) is 0 Å². The summed E-state index contributed by atoms with van der Waals surface area (Å²) in [5.41, 5.74) is 3.31. The van der Waals surface area contributed by atoms with Crippen LogP contribution in [0.4, 0.5) is 0 Å². The molecule has 4 heteroatoms. The number of hydrogen-bond acceptors (Lipinski definition) is 3. The van der Waals surface area contributed by atoms with E-state index in [-0.39, 0.29) is 21.8 Å². The van der Waals surface area contributed by atoms with Gasteiger partial charge in [0, 0.05) is 33.2 Å². The molecular formula is C45H30N4. The average molecular weight is 639 g/mol. The first-order chi connectivity index (χ1) is 29.3. The first-order valence-corrected chi connectivity index (χ1v) is 15.5. The summed E-state index contributed by atoms with van der Waals surface area (Å²) in [6.07, 6.45) is 0. The molecule has 0 aliphatic heterocycles. The van der Waals surface area contributed by atoms with Crippen LogP contribution >= 0.6 is 0 Å². The predicted molar refractivity (Wildman–Crippen MR) is 201 cm³/mol. The van der Waals surface area contributed by atoms with Gasteiger partial charge in [0.1, 0.15) is 0 Å². The van der Waals surface area contributed by atoms with Crippen LogP contribution in [0.2, 0.25) is 0 Å². The Morgan fingerprint density at radius 1 is 0.388 bits per heavy atom. The molecule has 0 unspecified atom stereocenters. The van der Waals surface area contributed by atoms with Crippen LogP contribution in [0, 0.1) is 0 Å². The molecule has 0 fully saturated rings. The molecule has 2 aromatic heterocycles. The third-order valence-corrected chi connectivity index (χ3v) is 8.21. The van der Waals surface area contributed by atoms with E-state index in [4.69, 9.17) is 28.7 Å². The fourth-order valence-electron chi connectivity index (χ4n) is 5.92. The van der Waals surface area contributed by atoms with E-state index in [2.05, 4.69) is 0 Å². The van der Waals surface area contributed by atoms with E-state index < -0.39 is 83.6 Å². The van der Waals surface area contributed by atoms with Crippen molar-refractivity contribution in [1.82, 2.24) is 19.5 Å². The lowest BCUT2D eigenvalue weighted by Crippen LogP contribution is -2.01. The van der Waals surface area contributed by atoms with Crippen LogP contribution in [-0.4, -0.2) is 19.5 Å². The third kappa shape index (κ3) is 5.26. The van der Waals surface area contributed by atoms with Crippen molar-refractivity contribution in [3.8, 4) is 62.1 Å². The van der Waals surface area contributed by atoms with Crippen molar-refractivity contribution < 1.29 is 16.4 Å². The molecule has 7 aromatic carbocycles. The van der Waals surface area contributed by atoms with Gasteiger partial charge in [0.25, 0.3) is 0 Å². The van der Waals surface area contributed by atoms with Gasteiger partial charge in [-0.05, 0) is 64.6 Å². The normalized spacial score (nSPS) is 14.7. The molecule has 0 atom stereocenters. The first kappa shape index (κ1) is 18.6. The molecule has 0 N–H and O–H groups in total. The highest BCUT2D eigenvalue weighted by Gasteiger charge is 2.17. The first-order valence-electron chi connectivity index (χ1n) is 21.5. The van der Waals surface area contributed by atoms with E-state index in [0.29, 0.717) is 28.7 Å². The van der Waals surface area contributed by atoms with Gasteiger partial charge in [0.05, 0.1) is 27.5 Å². The van der Waals surface area contributed by atoms with Crippen LogP contribution in [0.1, 0.15) is 16.4 Å². The van der Waals surface area contributed by atoms with Gasteiger partial charge >= 0.3 is 0 Å². The lowest BCUT2D eigenvalue weighted by atomic mass is 9.99. The summed E-state index contributed by atoms with van der Waals surface area (Å²) in [6.45, 7) is 0. The molecule has 0 radical (unpaired) electrons. The molecule has 0 amide bonds. The van der Waals surface area contributed by atoms with E-state index in [1.165, 1.54) is 4.57 Å². The number of para-hydroxylation sites is 1. The predicted octanol–water partition coefficient (Wildman–Crippen LogP) is 11.3. The quantitative estimate of drug-likeness (QED) is 0.182. The van der Waals surface area contributed by atoms with Crippen LogP contribution in [0.15, 0.2) is 182 Å². The minimum Gasteiger partial charge on any atom is -0.309 e. The second kappa shape index (κ2) is 12.2. The third-order valence-electron chi connectivity index (χ3n) is 8.21. The van der Waals surface area contributed by atoms with Crippen molar-refractivity contribution in [3.63, 3.8) is 0 Å². The standard InChI is InChI=1S/C45H30N4/c1-4-14-31(15-5-1)35-26-29-42-40(30-35)38-21-12-13-23-41(38)49(42)36-27-24-34(25-28-36)44-46-43(33-18-8-3-9-19-33)47-45(48-44)39-22-11-10-20-37(39)32-16-6-2-7-17-32/h1-30H/i1D,4D,5D,12D,13D,14D,15D,21D,23D,26D,29D,30D. The number of rotatable bonds is 6. The molecule has 0 saturated heterocycles. The SMILES string of the molecule is [2H]c1c([2H])c([2H])c(-c2c([2H])c([2H])c3c(c2[2H])c2c([2H])c([2H])c([2H])c([2H])c2n3-c2ccc(-c3nc(-c4ccccc4)nc(-c4ccccc4-c4ccccc4)n3)cc2)c([2H])c1[2H]. The topological polar surface area (TPSA) is 43.6 Å². The Morgan fingerprint density at radius 2 is 0.959 bits per heavy atom. The minimum atomic E-state index is -0.688. The van der Waals surface area contributed by atoms with Crippen molar-refractivity contribution in [1.29, 1.82) is 0 Å². The highest BCUT2D eigenvalue weighted by molar-refractivity contribution is 6.10. The van der Waals surface area contributed by atoms with Gasteiger partial charge < -0.3 is 4.57 Å². The maximum Gasteiger partial charge on any atom is 0.164 e. The van der Waals surface area contributed by atoms with Crippen LogP contribution < -0.4 is 0 Å². The minimum absolute atomic E-state index is 0.0697. The van der Waals surface area contributed by atoms with Crippen molar-refractivity contribution >= 4 is 21.8 Å². The summed E-state index contributed by atoms with van der Waals surface area (Å²) in [5.74, 6) is 1.21. The Labute approximate surface area is 301 Å². The molecule has 0 bridgehead atoms. The molecular weight excluding hydrogens is 597 g/mol. The second-order valence-corrected chi connectivity index (χ2v) is 11.2. The smallest absolute Gasteiger partial charge is 0.164 e. The van der Waals surface area contributed by atoms with Crippen molar-refractivity contribution in [2.45, 2.75) is 0 Å². The van der Waals surface area contributed by atoms with Gasteiger partial charge in [0.2, 0.25) is 0 Å². The summed E-state index contributed by atoms with van der Waals surface area (Å²) in [6, 6.07) is 26.8. The lowest BCUT2D eigenvalue weighted by Gasteiger charge is -2.13. The van der Waals surface area contributed by atoms with Crippen LogP contribution in [0.25, 0.3) is 83.9 Å². The van der Waals surface area contributed by atoms with Crippen LogP contribution in [0.5, 0.6) is 0 Å². The molecule has 0 spiro atoms. The van der Waals surface area contributed by atoms with Gasteiger partial charge in [-0.3, -0.25) is 0 Å². The van der Waals surface area contributed by atoms with E-state index in [1.54, 1.807) is 24.3 Å². The summed E-state index contributed by atoms with van der Waals surface area (Å²) in [7, 11) is 0. The zero-order valence-corrected chi connectivity index (χ0v) is 25.7. The molecule has 0 saturated carbocycles. The zero-order valence-electron chi connectivity index (χ0n) is 37.7. The summed E-state index contributed by atoms with van der Waals surface area (Å²) < 4.78 is 106.